The third-order valence-corrected chi connectivity index (χ3v) is 7.71. The van der Waals surface area contributed by atoms with Crippen LogP contribution in [0.15, 0.2) is 60.7 Å². The lowest BCUT2D eigenvalue weighted by atomic mass is 10.2. The van der Waals surface area contributed by atoms with Gasteiger partial charge >= 0.3 is 11.7 Å². The monoisotopic (exact) mass is 821 g/mol. The molecular formula is C40H52FNO16. The van der Waals surface area contributed by atoms with Crippen LogP contribution in [-0.4, -0.2) is 143 Å². The fourth-order valence-electron chi connectivity index (χ4n) is 4.94. The molecule has 0 N–H and O–H groups in total. The van der Waals surface area contributed by atoms with Gasteiger partial charge < -0.3 is 61.6 Å². The average Bonchev–Trinajstić information content (AvgIpc) is 3.22. The minimum absolute atomic E-state index is 0.167. The van der Waals surface area contributed by atoms with Gasteiger partial charge in [-0.15, -0.1) is 0 Å². The van der Waals surface area contributed by atoms with Crippen molar-refractivity contribution in [3.8, 4) is 23.0 Å². The molecular weight excluding hydrogens is 769 g/mol. The lowest BCUT2D eigenvalue weighted by molar-refractivity contribution is -0.387. The van der Waals surface area contributed by atoms with Crippen molar-refractivity contribution in [2.24, 2.45) is 0 Å². The lowest BCUT2D eigenvalue weighted by Gasteiger charge is -2.13. The molecule has 4 rings (SSSR count). The fourth-order valence-corrected chi connectivity index (χ4v) is 4.94. The van der Waals surface area contributed by atoms with E-state index in [1.54, 1.807) is 18.2 Å². The number of fused-ring (bicyclic) bond motifs is 4. The largest absolute Gasteiger partial charge is 0.491 e. The second-order valence-electron chi connectivity index (χ2n) is 12.1. The number of halogens is 1. The summed E-state index contributed by atoms with van der Waals surface area (Å²) in [5.41, 5.74) is -0.478. The third kappa shape index (κ3) is 19.7. The number of nitrogens with zero attached hydrogens (tertiary/aromatic N) is 1. The Morgan fingerprint density at radius 3 is 1.28 bits per heavy atom. The van der Waals surface area contributed by atoms with Crippen molar-refractivity contribution >= 4 is 11.7 Å². The summed E-state index contributed by atoms with van der Waals surface area (Å²) in [6, 6.07) is 15.2. The molecule has 58 heavy (non-hydrogen) atoms. The van der Waals surface area contributed by atoms with Crippen LogP contribution in [0.5, 0.6) is 23.0 Å². The Morgan fingerprint density at radius 2 is 0.879 bits per heavy atom. The molecule has 0 aromatic heterocycles. The van der Waals surface area contributed by atoms with Crippen LogP contribution < -0.4 is 18.9 Å². The summed E-state index contributed by atoms with van der Waals surface area (Å²) in [7, 11) is 0. The molecule has 17 nitrogen and oxygen atoms in total. The molecule has 0 amide bonds. The topological polar surface area (TPSA) is 180 Å². The van der Waals surface area contributed by atoms with Gasteiger partial charge in [-0.2, -0.15) is 4.39 Å². The van der Waals surface area contributed by atoms with E-state index in [-0.39, 0.29) is 38.6 Å². The highest BCUT2D eigenvalue weighted by atomic mass is 19.1. The Labute approximate surface area is 336 Å². The quantitative estimate of drug-likeness (QED) is 0.204. The number of hydrogen-bond acceptors (Lipinski definition) is 16. The first-order valence-corrected chi connectivity index (χ1v) is 19.0. The zero-order valence-corrected chi connectivity index (χ0v) is 32.5. The Kier molecular flexibility index (Phi) is 22.8. The van der Waals surface area contributed by atoms with E-state index in [0.29, 0.717) is 134 Å². The maximum absolute atomic E-state index is 13.8. The van der Waals surface area contributed by atoms with E-state index in [1.807, 2.05) is 24.3 Å². The van der Waals surface area contributed by atoms with Gasteiger partial charge in [0.25, 0.3) is 0 Å². The maximum atomic E-state index is 13.8. The normalized spacial score (nSPS) is 17.7. The summed E-state index contributed by atoms with van der Waals surface area (Å²) in [6.07, 6.45) is 0. The van der Waals surface area contributed by atoms with Gasteiger partial charge in [-0.3, -0.25) is 10.1 Å². The summed E-state index contributed by atoms with van der Waals surface area (Å²) in [5.74, 6) is 0.296. The van der Waals surface area contributed by atoms with Crippen molar-refractivity contribution in [1.82, 2.24) is 0 Å². The molecule has 1 aliphatic rings. The van der Waals surface area contributed by atoms with E-state index < -0.39 is 22.4 Å². The highest BCUT2D eigenvalue weighted by Gasteiger charge is 2.19. The van der Waals surface area contributed by atoms with Crippen LogP contribution in [0.25, 0.3) is 0 Å². The molecule has 0 atom stereocenters. The molecule has 0 unspecified atom stereocenters. The lowest BCUT2D eigenvalue weighted by Crippen LogP contribution is -2.15. The number of carbonyl (C=O) groups excluding carboxylic acids is 1. The summed E-state index contributed by atoms with van der Waals surface area (Å²) in [6.45, 7) is 7.09. The van der Waals surface area contributed by atoms with Crippen LogP contribution >= 0.6 is 0 Å². The number of ether oxygens (including phenoxy) is 13. The number of rotatable bonds is 4. The predicted molar refractivity (Wildman–Crippen MR) is 204 cm³/mol. The van der Waals surface area contributed by atoms with Gasteiger partial charge in [0.05, 0.1) is 116 Å². The number of esters is 1. The number of hydrogen-bond donors (Lipinski definition) is 0. The number of carbonyl (C=O) groups is 1. The smallest absolute Gasteiger partial charge is 0.338 e. The number of nitro groups is 1. The Balaban J connectivity index is 1.21. The van der Waals surface area contributed by atoms with E-state index in [2.05, 4.69) is 0 Å². The Hall–Kier alpha value is -4.66. The zero-order chi connectivity index (χ0) is 40.9. The number of benzene rings is 3. The van der Waals surface area contributed by atoms with Crippen LogP contribution in [0.1, 0.15) is 15.9 Å². The van der Waals surface area contributed by atoms with Gasteiger partial charge in [-0.1, -0.05) is 6.07 Å². The third-order valence-electron chi connectivity index (χ3n) is 7.71. The molecule has 0 radical (unpaired) electrons. The molecule has 0 spiro atoms. The molecule has 3 aromatic carbocycles. The zero-order valence-electron chi connectivity index (χ0n) is 32.5. The molecule has 0 saturated heterocycles. The van der Waals surface area contributed by atoms with Gasteiger partial charge in [0.2, 0.25) is 5.82 Å². The average molecular weight is 822 g/mol. The molecule has 4 bridgehead atoms. The van der Waals surface area contributed by atoms with Gasteiger partial charge in [0.15, 0.2) is 0 Å². The summed E-state index contributed by atoms with van der Waals surface area (Å²) in [4.78, 5) is 22.8. The second-order valence-corrected chi connectivity index (χ2v) is 12.1. The molecule has 18 heteroatoms. The highest BCUT2D eigenvalue weighted by Crippen LogP contribution is 2.25. The van der Waals surface area contributed by atoms with Crippen molar-refractivity contribution < 1.29 is 75.7 Å². The predicted octanol–water partition coefficient (Wildman–Crippen LogP) is 4.45. The molecule has 0 fully saturated rings. The van der Waals surface area contributed by atoms with E-state index in [0.717, 1.165) is 18.2 Å². The molecule has 3 aromatic rings. The van der Waals surface area contributed by atoms with Gasteiger partial charge in [0.1, 0.15) is 56.0 Å². The number of nitro benzene ring substituents is 1. The van der Waals surface area contributed by atoms with Crippen molar-refractivity contribution in [3.63, 3.8) is 0 Å². The van der Waals surface area contributed by atoms with E-state index >= 15 is 0 Å². The standard InChI is InChI=1S/C40H52FNO16/c41-38-5-4-33(28-39(38)42(44)45)40(43)58-31-32-26-36-30-37(27-32)57-25-21-53-17-13-49-9-7-47-11-15-51-19-23-55-35-3-1-2-34(29-35)54-22-18-50-14-10-46-6-8-48-12-16-52-20-24-56-36/h1-5,26-30H,6-25,31H2. The van der Waals surface area contributed by atoms with Gasteiger partial charge in [0, 0.05) is 18.2 Å². The van der Waals surface area contributed by atoms with Crippen LogP contribution in [0, 0.1) is 15.9 Å². The highest BCUT2D eigenvalue weighted by molar-refractivity contribution is 5.90. The Bertz CT molecular complexity index is 1550. The van der Waals surface area contributed by atoms with Crippen LogP contribution in [0.2, 0.25) is 0 Å². The molecule has 0 saturated carbocycles. The second kappa shape index (κ2) is 28.7. The van der Waals surface area contributed by atoms with Crippen molar-refractivity contribution in [3.05, 3.63) is 87.7 Å². The van der Waals surface area contributed by atoms with Crippen molar-refractivity contribution in [1.29, 1.82) is 0 Å². The van der Waals surface area contributed by atoms with Gasteiger partial charge in [-0.05, 0) is 42.0 Å². The first-order valence-electron chi connectivity index (χ1n) is 19.0. The SMILES string of the molecule is O=C(OCc1cc2cc(c1)OCCOCCOCCOCCOCCOc1cccc(c1)OCCOCCOCCOCCOCCO2)c1ccc(F)c([N+](=O)[O-])c1. The van der Waals surface area contributed by atoms with E-state index in [1.165, 1.54) is 0 Å². The summed E-state index contributed by atoms with van der Waals surface area (Å²) >= 11 is 0. The van der Waals surface area contributed by atoms with Crippen molar-refractivity contribution in [2.75, 3.05) is 132 Å². The van der Waals surface area contributed by atoms with E-state index in [9.17, 15) is 19.3 Å². The Morgan fingerprint density at radius 1 is 0.517 bits per heavy atom. The molecule has 1 heterocycles. The summed E-state index contributed by atoms with van der Waals surface area (Å²) < 4.78 is 87.0. The van der Waals surface area contributed by atoms with Crippen molar-refractivity contribution in [2.45, 2.75) is 6.61 Å². The minimum atomic E-state index is -1.06. The fraction of sp³-hybridized carbons (Fsp3) is 0.525. The van der Waals surface area contributed by atoms with Crippen LogP contribution in [0.4, 0.5) is 10.1 Å². The molecule has 320 valence electrons. The molecule has 0 aliphatic carbocycles. The summed E-state index contributed by atoms with van der Waals surface area (Å²) in [5, 5.41) is 11.1. The van der Waals surface area contributed by atoms with Crippen LogP contribution in [0.3, 0.4) is 0 Å². The molecule has 1 aliphatic heterocycles. The van der Waals surface area contributed by atoms with Crippen LogP contribution in [-0.2, 0) is 49.2 Å². The minimum Gasteiger partial charge on any atom is -0.491 e. The first kappa shape index (κ1) is 46.0. The first-order chi connectivity index (χ1) is 28.5. The van der Waals surface area contributed by atoms with Gasteiger partial charge in [-0.25, -0.2) is 4.79 Å². The maximum Gasteiger partial charge on any atom is 0.338 e. The van der Waals surface area contributed by atoms with E-state index in [4.69, 9.17) is 61.6 Å².